The topological polar surface area (TPSA) is 58.1 Å². The third-order valence-electron chi connectivity index (χ3n) is 4.48. The van der Waals surface area contributed by atoms with E-state index in [0.717, 1.165) is 71.2 Å². The minimum absolute atomic E-state index is 0. The Morgan fingerprint density at radius 2 is 1.96 bits per heavy atom. The molecule has 6 nitrogen and oxygen atoms in total. The smallest absolute Gasteiger partial charge is 0.190 e. The van der Waals surface area contributed by atoms with Crippen LogP contribution in [0.3, 0.4) is 0 Å². The SMILES string of the molecule is CCN(CCCNC(=NC)NCCCOC1CCOC1)c1ccccc1.I. The van der Waals surface area contributed by atoms with Gasteiger partial charge >= 0.3 is 0 Å². The maximum absolute atomic E-state index is 5.77. The molecule has 0 aromatic heterocycles. The molecule has 27 heavy (non-hydrogen) atoms. The quantitative estimate of drug-likeness (QED) is 0.216. The molecule has 154 valence electrons. The van der Waals surface area contributed by atoms with Crippen LogP contribution in [0.25, 0.3) is 0 Å². The first-order valence-electron chi connectivity index (χ1n) is 9.77. The lowest BCUT2D eigenvalue weighted by Gasteiger charge is -2.23. The van der Waals surface area contributed by atoms with E-state index in [1.165, 1.54) is 5.69 Å². The van der Waals surface area contributed by atoms with Crippen LogP contribution in [0.4, 0.5) is 5.69 Å². The van der Waals surface area contributed by atoms with Crippen molar-refractivity contribution < 1.29 is 9.47 Å². The van der Waals surface area contributed by atoms with Crippen LogP contribution in [-0.4, -0.2) is 65.1 Å². The van der Waals surface area contributed by atoms with Crippen molar-refractivity contribution in [2.24, 2.45) is 4.99 Å². The van der Waals surface area contributed by atoms with E-state index in [1.807, 2.05) is 7.05 Å². The number of anilines is 1. The zero-order valence-corrected chi connectivity index (χ0v) is 19.0. The molecule has 1 aliphatic heterocycles. The van der Waals surface area contributed by atoms with E-state index in [4.69, 9.17) is 9.47 Å². The monoisotopic (exact) mass is 490 g/mol. The molecule has 0 aliphatic carbocycles. The average molecular weight is 490 g/mol. The van der Waals surface area contributed by atoms with Crippen molar-refractivity contribution in [3.63, 3.8) is 0 Å². The Morgan fingerprint density at radius 3 is 2.59 bits per heavy atom. The van der Waals surface area contributed by atoms with Crippen LogP contribution in [0, 0.1) is 0 Å². The van der Waals surface area contributed by atoms with Crippen LogP contribution in [0.2, 0.25) is 0 Å². The second kappa shape index (κ2) is 14.9. The highest BCUT2D eigenvalue weighted by Crippen LogP contribution is 2.12. The summed E-state index contributed by atoms with van der Waals surface area (Å²) in [7, 11) is 1.81. The van der Waals surface area contributed by atoms with Gasteiger partial charge in [0, 0.05) is 52.1 Å². The van der Waals surface area contributed by atoms with Gasteiger partial charge in [-0.05, 0) is 38.3 Å². The van der Waals surface area contributed by atoms with Gasteiger partial charge in [0.25, 0.3) is 0 Å². The van der Waals surface area contributed by atoms with Gasteiger partial charge in [0.05, 0.1) is 12.7 Å². The third kappa shape index (κ3) is 9.62. The summed E-state index contributed by atoms with van der Waals surface area (Å²) in [5.41, 5.74) is 1.28. The minimum Gasteiger partial charge on any atom is -0.379 e. The summed E-state index contributed by atoms with van der Waals surface area (Å²) in [5.74, 6) is 0.858. The van der Waals surface area contributed by atoms with E-state index in [1.54, 1.807) is 0 Å². The van der Waals surface area contributed by atoms with E-state index >= 15 is 0 Å². The van der Waals surface area contributed by atoms with Crippen molar-refractivity contribution in [2.75, 3.05) is 57.9 Å². The number of guanidine groups is 1. The molecule has 0 bridgehead atoms. The number of benzene rings is 1. The fourth-order valence-electron chi connectivity index (χ4n) is 2.98. The Bertz CT molecular complexity index is 510. The molecule has 0 saturated carbocycles. The Morgan fingerprint density at radius 1 is 1.22 bits per heavy atom. The van der Waals surface area contributed by atoms with Gasteiger partial charge in [0.2, 0.25) is 0 Å². The standard InChI is InChI=1S/C20H34N4O2.HI/c1-3-24(18-9-5-4-6-10-18)14-7-12-22-20(21-2)23-13-8-15-26-19-11-16-25-17-19;/h4-6,9-10,19H,3,7-8,11-17H2,1-2H3,(H2,21,22,23);1H. The van der Waals surface area contributed by atoms with E-state index in [2.05, 4.69) is 57.8 Å². The number of nitrogens with one attached hydrogen (secondary N) is 2. The molecule has 1 aromatic carbocycles. The van der Waals surface area contributed by atoms with E-state index < -0.39 is 0 Å². The number of para-hydroxylation sites is 1. The molecule has 2 rings (SSSR count). The molecule has 1 atom stereocenters. The number of ether oxygens (including phenoxy) is 2. The van der Waals surface area contributed by atoms with Crippen LogP contribution >= 0.6 is 24.0 Å². The van der Waals surface area contributed by atoms with Gasteiger partial charge in [-0.15, -0.1) is 24.0 Å². The number of hydrogen-bond donors (Lipinski definition) is 2. The summed E-state index contributed by atoms with van der Waals surface area (Å²) in [6.45, 7) is 8.34. The van der Waals surface area contributed by atoms with Crippen LogP contribution in [0.15, 0.2) is 35.3 Å². The van der Waals surface area contributed by atoms with Crippen molar-refractivity contribution in [1.29, 1.82) is 0 Å². The normalized spacial score (nSPS) is 16.7. The molecule has 1 unspecified atom stereocenters. The summed E-state index contributed by atoms with van der Waals surface area (Å²) in [6, 6.07) is 10.6. The predicted molar refractivity (Wildman–Crippen MR) is 124 cm³/mol. The van der Waals surface area contributed by atoms with Gasteiger partial charge in [-0.1, -0.05) is 18.2 Å². The molecule has 1 saturated heterocycles. The minimum atomic E-state index is 0. The van der Waals surface area contributed by atoms with Gasteiger partial charge in [-0.3, -0.25) is 4.99 Å². The maximum Gasteiger partial charge on any atom is 0.190 e. The first-order valence-corrected chi connectivity index (χ1v) is 9.77. The molecular weight excluding hydrogens is 455 g/mol. The molecule has 1 fully saturated rings. The van der Waals surface area contributed by atoms with Crippen molar-refractivity contribution in [3.8, 4) is 0 Å². The highest BCUT2D eigenvalue weighted by Gasteiger charge is 2.15. The zero-order valence-electron chi connectivity index (χ0n) is 16.7. The lowest BCUT2D eigenvalue weighted by atomic mass is 10.2. The van der Waals surface area contributed by atoms with Gasteiger partial charge < -0.3 is 25.0 Å². The molecule has 0 amide bonds. The van der Waals surface area contributed by atoms with E-state index in [9.17, 15) is 0 Å². The highest BCUT2D eigenvalue weighted by molar-refractivity contribution is 14.0. The van der Waals surface area contributed by atoms with Crippen molar-refractivity contribution >= 4 is 35.6 Å². The fourth-order valence-corrected chi connectivity index (χ4v) is 2.98. The van der Waals surface area contributed by atoms with Crippen molar-refractivity contribution in [2.45, 2.75) is 32.3 Å². The van der Waals surface area contributed by atoms with Gasteiger partial charge in [0.1, 0.15) is 0 Å². The molecular formula is C20H35IN4O2. The van der Waals surface area contributed by atoms with E-state index in [0.29, 0.717) is 6.10 Å². The number of aliphatic imine (C=N–C) groups is 1. The second-order valence-electron chi connectivity index (χ2n) is 6.40. The lowest BCUT2D eigenvalue weighted by Crippen LogP contribution is -2.39. The van der Waals surface area contributed by atoms with Gasteiger partial charge in [0.15, 0.2) is 5.96 Å². The number of halogens is 1. The Balaban J connectivity index is 0.00000364. The molecule has 0 radical (unpaired) electrons. The van der Waals surface area contributed by atoms with Crippen LogP contribution in [0.1, 0.15) is 26.2 Å². The van der Waals surface area contributed by atoms with Crippen molar-refractivity contribution in [3.05, 3.63) is 30.3 Å². The van der Waals surface area contributed by atoms with Gasteiger partial charge in [-0.2, -0.15) is 0 Å². The highest BCUT2D eigenvalue weighted by atomic mass is 127. The molecule has 7 heteroatoms. The maximum atomic E-state index is 5.77. The first-order chi connectivity index (χ1) is 12.8. The first kappa shape index (κ1) is 24.0. The Kier molecular flexibility index (Phi) is 13.3. The zero-order chi connectivity index (χ0) is 18.5. The third-order valence-corrected chi connectivity index (χ3v) is 4.48. The molecule has 0 spiro atoms. The number of nitrogens with zero attached hydrogens (tertiary/aromatic N) is 2. The van der Waals surface area contributed by atoms with Crippen LogP contribution < -0.4 is 15.5 Å². The summed E-state index contributed by atoms with van der Waals surface area (Å²) in [6.07, 6.45) is 3.34. The molecule has 1 aromatic rings. The molecule has 1 aliphatic rings. The predicted octanol–water partition coefficient (Wildman–Crippen LogP) is 2.88. The summed E-state index contributed by atoms with van der Waals surface area (Å²) in [4.78, 5) is 6.67. The average Bonchev–Trinajstić information content (AvgIpc) is 3.20. The summed E-state index contributed by atoms with van der Waals surface area (Å²) < 4.78 is 11.1. The molecule has 2 N–H and O–H groups in total. The largest absolute Gasteiger partial charge is 0.379 e. The van der Waals surface area contributed by atoms with Crippen LogP contribution in [0.5, 0.6) is 0 Å². The van der Waals surface area contributed by atoms with Crippen molar-refractivity contribution in [1.82, 2.24) is 10.6 Å². The summed E-state index contributed by atoms with van der Waals surface area (Å²) >= 11 is 0. The van der Waals surface area contributed by atoms with Gasteiger partial charge in [-0.25, -0.2) is 0 Å². The number of hydrogen-bond acceptors (Lipinski definition) is 4. The Labute approximate surface area is 181 Å². The molecule has 1 heterocycles. The number of rotatable bonds is 11. The summed E-state index contributed by atoms with van der Waals surface area (Å²) in [5, 5.41) is 6.73. The lowest BCUT2D eigenvalue weighted by molar-refractivity contribution is 0.0420. The Hall–Kier alpha value is -1.06. The second-order valence-corrected chi connectivity index (χ2v) is 6.40. The van der Waals surface area contributed by atoms with Crippen LogP contribution in [-0.2, 0) is 9.47 Å². The fraction of sp³-hybridized carbons (Fsp3) is 0.650. The van der Waals surface area contributed by atoms with E-state index in [-0.39, 0.29) is 24.0 Å².